The lowest BCUT2D eigenvalue weighted by atomic mass is 10.2. The molecule has 0 radical (unpaired) electrons. The largest absolute Gasteiger partial charge is 0.468 e. The normalized spacial score (nSPS) is 20.4. The minimum absolute atomic E-state index is 0.255. The number of esters is 1. The van der Waals surface area contributed by atoms with Crippen molar-refractivity contribution in [1.29, 1.82) is 0 Å². The van der Waals surface area contributed by atoms with Crippen LogP contribution in [0, 0.1) is 6.92 Å². The molecule has 0 aliphatic carbocycles. The molecule has 1 aromatic carbocycles. The lowest BCUT2D eigenvalue weighted by molar-refractivity contribution is -0.144. The number of methoxy groups -OCH3 is 1. The Labute approximate surface area is 113 Å². The van der Waals surface area contributed by atoms with Crippen molar-refractivity contribution in [1.82, 2.24) is 4.31 Å². The maximum atomic E-state index is 12.6. The molecule has 6 heteroatoms. The Hall–Kier alpha value is -1.40. The highest BCUT2D eigenvalue weighted by Crippen LogP contribution is 2.28. The Morgan fingerprint density at radius 3 is 2.68 bits per heavy atom. The number of ether oxygens (including phenoxy) is 1. The van der Waals surface area contributed by atoms with Gasteiger partial charge in [-0.05, 0) is 31.4 Å². The molecule has 1 fully saturated rings. The Balaban J connectivity index is 2.40. The Morgan fingerprint density at radius 2 is 2.05 bits per heavy atom. The first kappa shape index (κ1) is 14.0. The lowest BCUT2D eigenvalue weighted by Gasteiger charge is -2.22. The molecule has 1 saturated heterocycles. The van der Waals surface area contributed by atoms with Crippen LogP contribution in [0.5, 0.6) is 0 Å². The summed E-state index contributed by atoms with van der Waals surface area (Å²) in [5, 5.41) is 0. The van der Waals surface area contributed by atoms with E-state index in [2.05, 4.69) is 4.74 Å². The van der Waals surface area contributed by atoms with Crippen molar-refractivity contribution >= 4 is 16.0 Å². The summed E-state index contributed by atoms with van der Waals surface area (Å²) in [7, 11) is -2.36. The molecule has 0 aromatic heterocycles. The lowest BCUT2D eigenvalue weighted by Crippen LogP contribution is -2.41. The second kappa shape index (κ2) is 5.30. The first-order valence-corrected chi connectivity index (χ1v) is 7.58. The number of hydrogen-bond acceptors (Lipinski definition) is 4. The van der Waals surface area contributed by atoms with E-state index in [1.807, 2.05) is 0 Å². The predicted molar refractivity (Wildman–Crippen MR) is 70.1 cm³/mol. The van der Waals surface area contributed by atoms with Gasteiger partial charge in [-0.2, -0.15) is 4.31 Å². The third-order valence-corrected chi connectivity index (χ3v) is 5.43. The van der Waals surface area contributed by atoms with Crippen molar-refractivity contribution < 1.29 is 17.9 Å². The van der Waals surface area contributed by atoms with E-state index in [0.717, 1.165) is 0 Å². The molecule has 1 aromatic rings. The van der Waals surface area contributed by atoms with Gasteiger partial charge in [0, 0.05) is 6.54 Å². The Kier molecular flexibility index (Phi) is 3.91. The van der Waals surface area contributed by atoms with Gasteiger partial charge in [0.15, 0.2) is 0 Å². The van der Waals surface area contributed by atoms with Crippen LogP contribution in [-0.4, -0.2) is 38.4 Å². The zero-order chi connectivity index (χ0) is 14.0. The second-order valence-electron chi connectivity index (χ2n) is 4.56. The van der Waals surface area contributed by atoms with E-state index < -0.39 is 22.0 Å². The fraction of sp³-hybridized carbons (Fsp3) is 0.462. The summed E-state index contributed by atoms with van der Waals surface area (Å²) >= 11 is 0. The van der Waals surface area contributed by atoms with Gasteiger partial charge < -0.3 is 4.74 Å². The van der Waals surface area contributed by atoms with Crippen molar-refractivity contribution in [2.75, 3.05) is 13.7 Å². The van der Waals surface area contributed by atoms with E-state index in [-0.39, 0.29) is 4.90 Å². The van der Waals surface area contributed by atoms with E-state index in [9.17, 15) is 13.2 Å². The van der Waals surface area contributed by atoms with Crippen molar-refractivity contribution in [3.8, 4) is 0 Å². The van der Waals surface area contributed by atoms with Crippen LogP contribution in [0.15, 0.2) is 29.2 Å². The van der Waals surface area contributed by atoms with Gasteiger partial charge >= 0.3 is 5.97 Å². The van der Waals surface area contributed by atoms with Crippen molar-refractivity contribution in [2.45, 2.75) is 30.7 Å². The smallest absolute Gasteiger partial charge is 0.324 e. The van der Waals surface area contributed by atoms with E-state index in [1.54, 1.807) is 31.2 Å². The summed E-state index contributed by atoms with van der Waals surface area (Å²) < 4.78 is 31.1. The third-order valence-electron chi connectivity index (χ3n) is 3.36. The average molecular weight is 283 g/mol. The van der Waals surface area contributed by atoms with Crippen LogP contribution in [0.3, 0.4) is 0 Å². The van der Waals surface area contributed by atoms with Crippen LogP contribution in [0.2, 0.25) is 0 Å². The molecule has 1 aliphatic rings. The van der Waals surface area contributed by atoms with Crippen LogP contribution in [-0.2, 0) is 19.6 Å². The van der Waals surface area contributed by atoms with Crippen LogP contribution in [0.4, 0.5) is 0 Å². The summed E-state index contributed by atoms with van der Waals surface area (Å²) in [6, 6.07) is 6.08. The van der Waals surface area contributed by atoms with Crippen molar-refractivity contribution in [3.05, 3.63) is 29.8 Å². The summed E-state index contributed by atoms with van der Waals surface area (Å²) in [4.78, 5) is 11.9. The molecule has 1 atom stereocenters. The standard InChI is InChI=1S/C13H17NO4S/c1-10-6-3-4-8-12(10)19(16,17)14-9-5-7-11(14)13(15)18-2/h3-4,6,8,11H,5,7,9H2,1-2H3. The molecule has 0 saturated carbocycles. The number of nitrogens with zero attached hydrogens (tertiary/aromatic N) is 1. The van der Waals surface area contributed by atoms with Gasteiger partial charge in [0.25, 0.3) is 0 Å². The molecule has 2 rings (SSSR count). The third kappa shape index (κ3) is 2.50. The number of carbonyl (C=O) groups excluding carboxylic acids is 1. The number of carbonyl (C=O) groups is 1. The van der Waals surface area contributed by atoms with Crippen LogP contribution >= 0.6 is 0 Å². The van der Waals surface area contributed by atoms with Crippen LogP contribution in [0.1, 0.15) is 18.4 Å². The minimum Gasteiger partial charge on any atom is -0.468 e. The molecular weight excluding hydrogens is 266 g/mol. The predicted octanol–water partition coefficient (Wildman–Crippen LogP) is 1.32. The molecule has 0 amide bonds. The highest BCUT2D eigenvalue weighted by atomic mass is 32.2. The maximum Gasteiger partial charge on any atom is 0.324 e. The van der Waals surface area contributed by atoms with Gasteiger partial charge in [-0.1, -0.05) is 18.2 Å². The molecule has 0 spiro atoms. The number of aryl methyl sites for hydroxylation is 1. The molecule has 0 bridgehead atoms. The minimum atomic E-state index is -3.64. The molecular formula is C13H17NO4S. The van der Waals surface area contributed by atoms with Gasteiger partial charge in [0.05, 0.1) is 12.0 Å². The number of sulfonamides is 1. The van der Waals surface area contributed by atoms with Gasteiger partial charge in [0.2, 0.25) is 10.0 Å². The van der Waals surface area contributed by atoms with E-state index >= 15 is 0 Å². The molecule has 0 N–H and O–H groups in total. The SMILES string of the molecule is COC(=O)C1CCCN1S(=O)(=O)c1ccccc1C. The zero-order valence-corrected chi connectivity index (χ0v) is 11.8. The first-order chi connectivity index (χ1) is 8.98. The first-order valence-electron chi connectivity index (χ1n) is 6.14. The van der Waals surface area contributed by atoms with Gasteiger partial charge in [-0.3, -0.25) is 4.79 Å². The van der Waals surface area contributed by atoms with Crippen LogP contribution in [0.25, 0.3) is 0 Å². The molecule has 1 aliphatic heterocycles. The molecule has 1 heterocycles. The van der Waals surface area contributed by atoms with Crippen LogP contribution < -0.4 is 0 Å². The molecule has 104 valence electrons. The summed E-state index contributed by atoms with van der Waals surface area (Å²) in [5.41, 5.74) is 0.679. The average Bonchev–Trinajstić information content (AvgIpc) is 2.88. The topological polar surface area (TPSA) is 63.7 Å². The highest BCUT2D eigenvalue weighted by Gasteiger charge is 2.40. The maximum absolute atomic E-state index is 12.6. The fourth-order valence-electron chi connectivity index (χ4n) is 2.37. The van der Waals surface area contributed by atoms with Crippen molar-refractivity contribution in [3.63, 3.8) is 0 Å². The summed E-state index contributed by atoms with van der Waals surface area (Å²) in [6.07, 6.45) is 1.18. The zero-order valence-electron chi connectivity index (χ0n) is 11.0. The second-order valence-corrected chi connectivity index (χ2v) is 6.42. The van der Waals surface area contributed by atoms with E-state index in [4.69, 9.17) is 0 Å². The van der Waals surface area contributed by atoms with Gasteiger partial charge in [-0.15, -0.1) is 0 Å². The monoisotopic (exact) mass is 283 g/mol. The summed E-state index contributed by atoms with van der Waals surface area (Å²) in [5.74, 6) is -0.491. The van der Waals surface area contributed by atoms with E-state index in [0.29, 0.717) is 24.9 Å². The molecule has 1 unspecified atom stereocenters. The number of rotatable bonds is 3. The van der Waals surface area contributed by atoms with Gasteiger partial charge in [-0.25, -0.2) is 8.42 Å². The molecule has 5 nitrogen and oxygen atoms in total. The summed E-state index contributed by atoms with van der Waals surface area (Å²) in [6.45, 7) is 2.10. The number of hydrogen-bond donors (Lipinski definition) is 0. The molecule has 19 heavy (non-hydrogen) atoms. The Morgan fingerprint density at radius 1 is 1.37 bits per heavy atom. The van der Waals surface area contributed by atoms with Crippen molar-refractivity contribution in [2.24, 2.45) is 0 Å². The quantitative estimate of drug-likeness (QED) is 0.785. The Bertz CT molecular complexity index is 582. The number of benzene rings is 1. The van der Waals surface area contributed by atoms with Gasteiger partial charge in [0.1, 0.15) is 6.04 Å². The highest BCUT2D eigenvalue weighted by molar-refractivity contribution is 7.89. The van der Waals surface area contributed by atoms with E-state index in [1.165, 1.54) is 11.4 Å². The fourth-order valence-corrected chi connectivity index (χ4v) is 4.25.